The highest BCUT2D eigenvalue weighted by Crippen LogP contribution is 2.34. The monoisotopic (exact) mass is 264 g/mol. The minimum Gasteiger partial charge on any atom is -0.481 e. The van der Waals surface area contributed by atoms with Gasteiger partial charge in [0.05, 0.1) is 22.5 Å². The van der Waals surface area contributed by atoms with Crippen LogP contribution in [0.5, 0.6) is 0 Å². The second-order valence-corrected chi connectivity index (χ2v) is 8.43. The van der Waals surface area contributed by atoms with E-state index in [9.17, 15) is 18.3 Å². The Labute approximate surface area is 102 Å². The number of carboxylic acids is 1. The van der Waals surface area contributed by atoms with E-state index in [2.05, 4.69) is 0 Å². The lowest BCUT2D eigenvalue weighted by atomic mass is 9.85. The minimum atomic E-state index is -3.28. The quantitative estimate of drug-likeness (QED) is 0.821. The van der Waals surface area contributed by atoms with E-state index < -0.39 is 26.0 Å². The number of hydrogen-bond donors (Lipinski definition) is 1. The highest BCUT2D eigenvalue weighted by Gasteiger charge is 2.44. The van der Waals surface area contributed by atoms with Crippen LogP contribution in [0.2, 0.25) is 0 Å². The molecule has 1 heterocycles. The lowest BCUT2D eigenvalue weighted by Gasteiger charge is -2.25. The average Bonchev–Trinajstić information content (AvgIpc) is 2.62. The molecule has 0 aliphatic carbocycles. The molecule has 1 unspecified atom stereocenters. The second kappa shape index (κ2) is 4.57. The molecule has 1 N–H and O–H groups in total. The fourth-order valence-corrected chi connectivity index (χ4v) is 2.99. The van der Waals surface area contributed by atoms with Crippen molar-refractivity contribution < 1.29 is 23.1 Å². The third-order valence-corrected chi connectivity index (χ3v) is 5.95. The summed E-state index contributed by atoms with van der Waals surface area (Å²) in [5, 5.41) is 9.19. The van der Waals surface area contributed by atoms with Crippen molar-refractivity contribution in [2.24, 2.45) is 5.41 Å². The van der Waals surface area contributed by atoms with Crippen LogP contribution in [0.25, 0.3) is 0 Å². The first-order chi connectivity index (χ1) is 7.61. The number of rotatable bonds is 4. The van der Waals surface area contributed by atoms with Gasteiger partial charge in [0.25, 0.3) is 0 Å². The average molecular weight is 264 g/mol. The Bertz CT molecular complexity index is 385. The van der Waals surface area contributed by atoms with E-state index in [4.69, 9.17) is 4.74 Å². The number of sulfone groups is 1. The van der Waals surface area contributed by atoms with E-state index in [1.807, 2.05) is 0 Å². The largest absolute Gasteiger partial charge is 0.481 e. The SMILES string of the molecule is CC(C)(C)S(=O)(=O)CCC1(C(=O)O)CCOC1. The Kier molecular flexibility index (Phi) is 3.88. The van der Waals surface area contributed by atoms with Crippen molar-refractivity contribution in [3.63, 3.8) is 0 Å². The van der Waals surface area contributed by atoms with Gasteiger partial charge in [-0.3, -0.25) is 4.79 Å². The molecule has 0 bridgehead atoms. The maximum atomic E-state index is 11.9. The zero-order valence-electron chi connectivity index (χ0n) is 10.5. The Morgan fingerprint density at radius 2 is 2.00 bits per heavy atom. The van der Waals surface area contributed by atoms with E-state index in [0.29, 0.717) is 13.0 Å². The van der Waals surface area contributed by atoms with Crippen LogP contribution in [0, 0.1) is 5.41 Å². The Hall–Kier alpha value is -0.620. The van der Waals surface area contributed by atoms with E-state index in [0.717, 1.165) is 0 Å². The molecule has 1 rings (SSSR count). The number of hydrogen-bond acceptors (Lipinski definition) is 4. The molecule has 1 aliphatic rings. The molecule has 1 fully saturated rings. The molecule has 5 nitrogen and oxygen atoms in total. The van der Waals surface area contributed by atoms with Crippen molar-refractivity contribution in [3.8, 4) is 0 Å². The molecule has 0 saturated carbocycles. The zero-order chi connectivity index (χ0) is 13.3. The van der Waals surface area contributed by atoms with Crippen molar-refractivity contribution >= 4 is 15.8 Å². The van der Waals surface area contributed by atoms with Crippen LogP contribution in [0.15, 0.2) is 0 Å². The molecule has 0 aromatic rings. The van der Waals surface area contributed by atoms with Crippen LogP contribution in [0.4, 0.5) is 0 Å². The third-order valence-electron chi connectivity index (χ3n) is 3.34. The summed E-state index contributed by atoms with van der Waals surface area (Å²) in [7, 11) is -3.28. The molecule has 0 spiro atoms. The molecular weight excluding hydrogens is 244 g/mol. The number of ether oxygens (including phenoxy) is 1. The summed E-state index contributed by atoms with van der Waals surface area (Å²) in [6.07, 6.45) is 0.518. The zero-order valence-corrected chi connectivity index (χ0v) is 11.3. The maximum Gasteiger partial charge on any atom is 0.312 e. The first-order valence-corrected chi connectivity index (χ1v) is 7.29. The summed E-state index contributed by atoms with van der Waals surface area (Å²) < 4.78 is 28.1. The van der Waals surface area contributed by atoms with Gasteiger partial charge in [0.2, 0.25) is 0 Å². The lowest BCUT2D eigenvalue weighted by molar-refractivity contribution is -0.149. The highest BCUT2D eigenvalue weighted by atomic mass is 32.2. The second-order valence-electron chi connectivity index (χ2n) is 5.57. The fourth-order valence-electron chi connectivity index (χ4n) is 1.72. The summed E-state index contributed by atoms with van der Waals surface area (Å²) in [4.78, 5) is 11.2. The van der Waals surface area contributed by atoms with Crippen molar-refractivity contribution in [2.75, 3.05) is 19.0 Å². The fraction of sp³-hybridized carbons (Fsp3) is 0.909. The van der Waals surface area contributed by atoms with Gasteiger partial charge in [0, 0.05) is 6.61 Å². The molecule has 1 atom stereocenters. The van der Waals surface area contributed by atoms with E-state index in [1.165, 1.54) is 0 Å². The van der Waals surface area contributed by atoms with Crippen LogP contribution >= 0.6 is 0 Å². The van der Waals surface area contributed by atoms with Gasteiger partial charge in [0.15, 0.2) is 9.84 Å². The molecule has 0 aromatic heterocycles. The molecule has 100 valence electrons. The van der Waals surface area contributed by atoms with Crippen molar-refractivity contribution in [1.82, 2.24) is 0 Å². The molecule has 1 saturated heterocycles. The van der Waals surface area contributed by atoms with Crippen LogP contribution in [-0.4, -0.2) is 43.2 Å². The Morgan fingerprint density at radius 3 is 2.35 bits per heavy atom. The van der Waals surface area contributed by atoms with Crippen LogP contribution < -0.4 is 0 Å². The number of carbonyl (C=O) groups is 1. The van der Waals surface area contributed by atoms with Crippen molar-refractivity contribution in [2.45, 2.75) is 38.4 Å². The normalized spacial score (nSPS) is 26.1. The third kappa shape index (κ3) is 2.98. The smallest absolute Gasteiger partial charge is 0.312 e. The van der Waals surface area contributed by atoms with E-state index >= 15 is 0 Å². The molecule has 0 radical (unpaired) electrons. The van der Waals surface area contributed by atoms with Gasteiger partial charge in [-0.2, -0.15) is 0 Å². The molecule has 0 aromatic carbocycles. The maximum absolute atomic E-state index is 11.9. The van der Waals surface area contributed by atoms with E-state index in [-0.39, 0.29) is 18.8 Å². The van der Waals surface area contributed by atoms with Crippen LogP contribution in [0.1, 0.15) is 33.6 Å². The van der Waals surface area contributed by atoms with Gasteiger partial charge in [-0.15, -0.1) is 0 Å². The summed E-state index contributed by atoms with van der Waals surface area (Å²) >= 11 is 0. The number of carboxylic acid groups (broad SMARTS) is 1. The summed E-state index contributed by atoms with van der Waals surface area (Å²) in [5.41, 5.74) is -1.02. The predicted molar refractivity (Wildman–Crippen MR) is 63.7 cm³/mol. The summed E-state index contributed by atoms with van der Waals surface area (Å²) in [6.45, 7) is 5.38. The Balaban J connectivity index is 2.76. The topological polar surface area (TPSA) is 80.7 Å². The van der Waals surface area contributed by atoms with Gasteiger partial charge in [-0.1, -0.05) is 0 Å². The minimum absolute atomic E-state index is 0.105. The van der Waals surface area contributed by atoms with Gasteiger partial charge in [-0.05, 0) is 33.6 Å². The van der Waals surface area contributed by atoms with Crippen LogP contribution in [0.3, 0.4) is 0 Å². The van der Waals surface area contributed by atoms with Gasteiger partial charge in [-0.25, -0.2) is 8.42 Å². The molecule has 1 aliphatic heterocycles. The van der Waals surface area contributed by atoms with Gasteiger partial charge >= 0.3 is 5.97 Å². The first-order valence-electron chi connectivity index (χ1n) is 5.64. The molecule has 17 heavy (non-hydrogen) atoms. The predicted octanol–water partition coefficient (Wildman–Crippen LogP) is 1.08. The Morgan fingerprint density at radius 1 is 1.41 bits per heavy atom. The van der Waals surface area contributed by atoms with E-state index in [1.54, 1.807) is 20.8 Å². The summed E-state index contributed by atoms with van der Waals surface area (Å²) in [6, 6.07) is 0. The first kappa shape index (κ1) is 14.4. The lowest BCUT2D eigenvalue weighted by Crippen LogP contribution is -2.37. The van der Waals surface area contributed by atoms with Gasteiger partial charge < -0.3 is 9.84 Å². The highest BCUT2D eigenvalue weighted by molar-refractivity contribution is 7.92. The molecule has 6 heteroatoms. The van der Waals surface area contributed by atoms with Gasteiger partial charge in [0.1, 0.15) is 0 Å². The standard InChI is InChI=1S/C11H20O5S/c1-10(2,3)17(14,15)7-5-11(9(12)13)4-6-16-8-11/h4-8H2,1-3H3,(H,12,13). The summed E-state index contributed by atoms with van der Waals surface area (Å²) in [5.74, 6) is -1.06. The van der Waals surface area contributed by atoms with Crippen molar-refractivity contribution in [3.05, 3.63) is 0 Å². The number of aliphatic carboxylic acids is 1. The van der Waals surface area contributed by atoms with Crippen LogP contribution in [-0.2, 0) is 19.4 Å². The van der Waals surface area contributed by atoms with Crippen molar-refractivity contribution in [1.29, 1.82) is 0 Å². The molecular formula is C11H20O5S. The molecule has 0 amide bonds.